The molecule has 0 bridgehead atoms. The molecule has 0 radical (unpaired) electrons. The molecule has 0 N–H and O–H groups in total. The zero-order valence-electron chi connectivity index (χ0n) is 17.7. The summed E-state index contributed by atoms with van der Waals surface area (Å²) in [6.07, 6.45) is -3.76. The Morgan fingerprint density at radius 1 is 1.00 bits per heavy atom. The van der Waals surface area contributed by atoms with Crippen molar-refractivity contribution in [3.8, 4) is 6.01 Å². The van der Waals surface area contributed by atoms with Crippen molar-refractivity contribution >= 4 is 0 Å². The average Bonchev–Trinajstić information content (AvgIpc) is 2.77. The first-order chi connectivity index (χ1) is 15.3. The molecule has 0 saturated heterocycles. The van der Waals surface area contributed by atoms with Crippen LogP contribution in [0.3, 0.4) is 0 Å². The Morgan fingerprint density at radius 2 is 1.69 bits per heavy atom. The van der Waals surface area contributed by atoms with Gasteiger partial charge in [0.2, 0.25) is 0 Å². The molecule has 8 heteroatoms. The lowest BCUT2D eigenvalue weighted by Gasteiger charge is -2.28. The third kappa shape index (κ3) is 4.85. The molecule has 0 unspecified atom stereocenters. The second-order valence-electron chi connectivity index (χ2n) is 7.78. The number of halogens is 3. The Labute approximate surface area is 184 Å². The summed E-state index contributed by atoms with van der Waals surface area (Å²) in [7, 11) is 0. The Kier molecular flexibility index (Phi) is 6.32. The second-order valence-corrected chi connectivity index (χ2v) is 7.78. The molecule has 0 aliphatic carbocycles. The largest absolute Gasteiger partial charge is 0.465 e. The lowest BCUT2D eigenvalue weighted by Crippen LogP contribution is -2.38. The van der Waals surface area contributed by atoms with Gasteiger partial charge in [0, 0.05) is 26.1 Å². The normalized spacial score (nSPS) is 14.2. The SMILES string of the molecule is CCOc1nc2c(c(=O)n1Cc1ccc(C(F)(F)F)cc1)CN(Cc1ccccc1)CC2. The number of rotatable bonds is 6. The van der Waals surface area contributed by atoms with E-state index in [1.807, 2.05) is 18.2 Å². The topological polar surface area (TPSA) is 47.4 Å². The molecular weight excluding hydrogens is 419 g/mol. The number of hydrogen-bond donors (Lipinski definition) is 0. The average molecular weight is 443 g/mol. The molecule has 2 aromatic carbocycles. The number of aromatic nitrogens is 2. The van der Waals surface area contributed by atoms with E-state index in [-0.39, 0.29) is 18.1 Å². The van der Waals surface area contributed by atoms with Crippen molar-refractivity contribution in [3.05, 3.63) is 92.9 Å². The molecule has 1 aliphatic heterocycles. The van der Waals surface area contributed by atoms with Crippen molar-refractivity contribution in [3.63, 3.8) is 0 Å². The molecule has 32 heavy (non-hydrogen) atoms. The van der Waals surface area contributed by atoms with Crippen LogP contribution in [0.2, 0.25) is 0 Å². The summed E-state index contributed by atoms with van der Waals surface area (Å²) in [5, 5.41) is 0. The standard InChI is InChI=1S/C24H24F3N3O2/c1-2-32-23-28-21-12-13-29(14-17-6-4-3-5-7-17)16-20(21)22(31)30(23)15-18-8-10-19(11-9-18)24(25,26)27/h3-11H,2,12-16H2,1H3. The van der Waals surface area contributed by atoms with E-state index in [2.05, 4.69) is 22.0 Å². The van der Waals surface area contributed by atoms with Crippen molar-refractivity contribution in [1.82, 2.24) is 14.5 Å². The first kappa shape index (κ1) is 22.1. The van der Waals surface area contributed by atoms with E-state index in [0.717, 1.165) is 30.9 Å². The quantitative estimate of drug-likeness (QED) is 0.571. The van der Waals surface area contributed by atoms with Gasteiger partial charge in [-0.3, -0.25) is 14.3 Å². The molecule has 0 amide bonds. The van der Waals surface area contributed by atoms with E-state index in [1.165, 1.54) is 22.3 Å². The van der Waals surface area contributed by atoms with Crippen LogP contribution in [0.1, 0.15) is 34.9 Å². The van der Waals surface area contributed by atoms with E-state index in [0.29, 0.717) is 30.7 Å². The van der Waals surface area contributed by atoms with Crippen molar-refractivity contribution in [2.45, 2.75) is 39.2 Å². The zero-order valence-corrected chi connectivity index (χ0v) is 17.7. The molecule has 4 rings (SSSR count). The summed E-state index contributed by atoms with van der Waals surface area (Å²) in [6.45, 7) is 4.20. The molecule has 0 fully saturated rings. The van der Waals surface area contributed by atoms with Crippen LogP contribution >= 0.6 is 0 Å². The maximum atomic E-state index is 13.4. The summed E-state index contributed by atoms with van der Waals surface area (Å²) in [4.78, 5) is 20.2. The van der Waals surface area contributed by atoms with Crippen LogP contribution in [0.25, 0.3) is 0 Å². The number of ether oxygens (including phenoxy) is 1. The van der Waals surface area contributed by atoms with Gasteiger partial charge in [-0.2, -0.15) is 13.2 Å². The van der Waals surface area contributed by atoms with Crippen molar-refractivity contribution in [1.29, 1.82) is 0 Å². The maximum Gasteiger partial charge on any atom is 0.416 e. The molecule has 1 aromatic heterocycles. The lowest BCUT2D eigenvalue weighted by molar-refractivity contribution is -0.137. The fraction of sp³-hybridized carbons (Fsp3) is 0.333. The Morgan fingerprint density at radius 3 is 2.34 bits per heavy atom. The van der Waals surface area contributed by atoms with E-state index >= 15 is 0 Å². The maximum absolute atomic E-state index is 13.4. The molecule has 3 aromatic rings. The van der Waals surface area contributed by atoms with Crippen molar-refractivity contribution in [2.24, 2.45) is 0 Å². The Hall–Kier alpha value is -3.13. The van der Waals surface area contributed by atoms with Crippen molar-refractivity contribution < 1.29 is 17.9 Å². The monoisotopic (exact) mass is 443 g/mol. The minimum absolute atomic E-state index is 0.0886. The molecular formula is C24H24F3N3O2. The van der Waals surface area contributed by atoms with E-state index in [4.69, 9.17) is 4.74 Å². The lowest BCUT2D eigenvalue weighted by atomic mass is 10.1. The molecule has 2 heterocycles. The predicted molar refractivity (Wildman–Crippen MR) is 114 cm³/mol. The van der Waals surface area contributed by atoms with Crippen LogP contribution in [-0.2, 0) is 32.2 Å². The number of alkyl halides is 3. The van der Waals surface area contributed by atoms with Crippen LogP contribution in [0.4, 0.5) is 13.2 Å². The van der Waals surface area contributed by atoms with Crippen LogP contribution in [0.5, 0.6) is 6.01 Å². The summed E-state index contributed by atoms with van der Waals surface area (Å²) in [5.74, 6) is 0. The summed E-state index contributed by atoms with van der Waals surface area (Å²) in [5.41, 5.74) is 2.14. The third-order valence-electron chi connectivity index (χ3n) is 5.50. The minimum Gasteiger partial charge on any atom is -0.465 e. The van der Waals surface area contributed by atoms with Gasteiger partial charge in [-0.1, -0.05) is 42.5 Å². The fourth-order valence-electron chi connectivity index (χ4n) is 3.89. The summed E-state index contributed by atoms with van der Waals surface area (Å²) < 4.78 is 45.6. The molecule has 5 nitrogen and oxygen atoms in total. The molecule has 0 saturated carbocycles. The number of benzene rings is 2. The molecule has 0 atom stereocenters. The Balaban J connectivity index is 1.62. The van der Waals surface area contributed by atoms with Gasteiger partial charge in [-0.25, -0.2) is 4.98 Å². The highest BCUT2D eigenvalue weighted by molar-refractivity contribution is 5.28. The third-order valence-corrected chi connectivity index (χ3v) is 5.50. The van der Waals surface area contributed by atoms with E-state index in [9.17, 15) is 18.0 Å². The van der Waals surface area contributed by atoms with Gasteiger partial charge >= 0.3 is 6.18 Å². The smallest absolute Gasteiger partial charge is 0.416 e. The Bertz CT molecular complexity index is 1130. The van der Waals surface area contributed by atoms with Crippen LogP contribution in [0.15, 0.2) is 59.4 Å². The van der Waals surface area contributed by atoms with E-state index < -0.39 is 11.7 Å². The van der Waals surface area contributed by atoms with Crippen LogP contribution in [-0.4, -0.2) is 27.6 Å². The van der Waals surface area contributed by atoms with Gasteiger partial charge in [-0.15, -0.1) is 0 Å². The number of hydrogen-bond acceptors (Lipinski definition) is 4. The predicted octanol–water partition coefficient (Wildman–Crippen LogP) is 4.27. The highest BCUT2D eigenvalue weighted by Crippen LogP contribution is 2.29. The second kappa shape index (κ2) is 9.16. The fourth-order valence-corrected chi connectivity index (χ4v) is 3.89. The first-order valence-electron chi connectivity index (χ1n) is 10.5. The van der Waals surface area contributed by atoms with Gasteiger partial charge in [0.15, 0.2) is 0 Å². The summed E-state index contributed by atoms with van der Waals surface area (Å²) in [6, 6.07) is 15.0. The highest BCUT2D eigenvalue weighted by Gasteiger charge is 2.30. The molecule has 168 valence electrons. The molecule has 0 spiro atoms. The van der Waals surface area contributed by atoms with Gasteiger partial charge in [0.25, 0.3) is 11.6 Å². The zero-order chi connectivity index (χ0) is 22.7. The first-order valence-corrected chi connectivity index (χ1v) is 10.5. The number of fused-ring (bicyclic) bond motifs is 1. The van der Waals surface area contributed by atoms with Crippen LogP contribution < -0.4 is 10.3 Å². The van der Waals surface area contributed by atoms with Crippen LogP contribution in [0, 0.1) is 0 Å². The minimum atomic E-state index is -4.40. The van der Waals surface area contributed by atoms with Crippen molar-refractivity contribution in [2.75, 3.05) is 13.2 Å². The van der Waals surface area contributed by atoms with Gasteiger partial charge in [0.05, 0.1) is 30.0 Å². The highest BCUT2D eigenvalue weighted by atomic mass is 19.4. The molecule has 1 aliphatic rings. The van der Waals surface area contributed by atoms with Gasteiger partial charge in [0.1, 0.15) is 0 Å². The van der Waals surface area contributed by atoms with E-state index in [1.54, 1.807) is 6.92 Å². The van der Waals surface area contributed by atoms with Gasteiger partial charge in [-0.05, 0) is 30.2 Å². The number of nitrogens with zero attached hydrogens (tertiary/aromatic N) is 3. The van der Waals surface area contributed by atoms with Gasteiger partial charge < -0.3 is 4.74 Å². The summed E-state index contributed by atoms with van der Waals surface area (Å²) >= 11 is 0.